The highest BCUT2D eigenvalue weighted by molar-refractivity contribution is 6.07. The third-order valence-electron chi connectivity index (χ3n) is 5.65. The number of nitrogens with zero attached hydrogens (tertiary/aromatic N) is 4. The van der Waals surface area contributed by atoms with Crippen LogP contribution in [0.4, 0.5) is 15.9 Å². The number of hydrogen-bond acceptors (Lipinski definition) is 9. The lowest BCUT2D eigenvalue weighted by atomic mass is 10.1. The van der Waals surface area contributed by atoms with Crippen LogP contribution in [0, 0.1) is 11.2 Å². The first-order valence-corrected chi connectivity index (χ1v) is 11.0. The van der Waals surface area contributed by atoms with Gasteiger partial charge in [0.05, 0.1) is 31.8 Å². The summed E-state index contributed by atoms with van der Waals surface area (Å²) in [4.78, 5) is 27.1. The van der Waals surface area contributed by atoms with Crippen molar-refractivity contribution in [1.29, 1.82) is 5.41 Å². The lowest BCUT2D eigenvalue weighted by Crippen LogP contribution is -2.37. The number of fused-ring (bicyclic) bond motifs is 1. The molecule has 1 fully saturated rings. The van der Waals surface area contributed by atoms with Gasteiger partial charge in [0.2, 0.25) is 5.91 Å². The number of carbonyl (C=O) groups is 1. The number of allylic oxidation sites excluding steroid dienone is 1. The summed E-state index contributed by atoms with van der Waals surface area (Å²) >= 11 is 0. The molecule has 1 aromatic carbocycles. The van der Waals surface area contributed by atoms with Crippen molar-refractivity contribution in [3.8, 4) is 11.5 Å². The van der Waals surface area contributed by atoms with Gasteiger partial charge in [0.15, 0.2) is 17.2 Å². The maximum atomic E-state index is 15.5. The van der Waals surface area contributed by atoms with Crippen molar-refractivity contribution in [2.24, 2.45) is 0 Å². The average molecular weight is 480 g/mol. The summed E-state index contributed by atoms with van der Waals surface area (Å²) in [6.45, 7) is 0.274. The van der Waals surface area contributed by atoms with Crippen LogP contribution in [0.5, 0.6) is 11.5 Å². The second kappa shape index (κ2) is 10.3. The van der Waals surface area contributed by atoms with E-state index in [1.54, 1.807) is 42.5 Å². The number of ether oxygens (including phenoxy) is 2. The molecule has 10 nitrogen and oxygen atoms in total. The molecule has 3 N–H and O–H groups in total. The molecule has 11 heteroatoms. The van der Waals surface area contributed by atoms with Crippen molar-refractivity contribution in [2.75, 3.05) is 32.7 Å². The normalized spacial score (nSPS) is 15.6. The molecule has 0 bridgehead atoms. The molecule has 4 rings (SSSR count). The van der Waals surface area contributed by atoms with Gasteiger partial charge in [-0.05, 0) is 18.6 Å². The van der Waals surface area contributed by atoms with Crippen LogP contribution < -0.4 is 25.0 Å². The number of methoxy groups -OCH3 is 2. The summed E-state index contributed by atoms with van der Waals surface area (Å²) in [5.41, 5.74) is 2.07. The Morgan fingerprint density at radius 3 is 2.80 bits per heavy atom. The third kappa shape index (κ3) is 4.98. The van der Waals surface area contributed by atoms with Gasteiger partial charge in [0.1, 0.15) is 17.1 Å². The summed E-state index contributed by atoms with van der Waals surface area (Å²) in [5, 5.41) is 13.4. The molecule has 1 atom stereocenters. The number of rotatable bonds is 9. The highest BCUT2D eigenvalue weighted by Gasteiger charge is 2.27. The molecule has 0 spiro atoms. The number of pyridine rings is 1. The van der Waals surface area contributed by atoms with Crippen molar-refractivity contribution in [3.63, 3.8) is 0 Å². The molecule has 1 amide bonds. The number of nitrogens with one attached hydrogen (secondary N) is 3. The molecular formula is C24H26FN7O3. The molecule has 1 aliphatic rings. The van der Waals surface area contributed by atoms with Gasteiger partial charge < -0.3 is 30.4 Å². The first-order valence-electron chi connectivity index (χ1n) is 11.0. The van der Waals surface area contributed by atoms with Gasteiger partial charge in [-0.15, -0.1) is 0 Å². The fourth-order valence-electron chi connectivity index (χ4n) is 3.89. The molecular weight excluding hydrogens is 453 g/mol. The van der Waals surface area contributed by atoms with Crippen LogP contribution in [0.25, 0.3) is 16.7 Å². The minimum absolute atomic E-state index is 0.0236. The van der Waals surface area contributed by atoms with Gasteiger partial charge >= 0.3 is 0 Å². The first kappa shape index (κ1) is 23.9. The topological polar surface area (TPSA) is 125 Å². The summed E-state index contributed by atoms with van der Waals surface area (Å²) in [6, 6.07) is 6.30. The van der Waals surface area contributed by atoms with Crippen molar-refractivity contribution in [3.05, 3.63) is 48.2 Å². The molecule has 182 valence electrons. The zero-order chi connectivity index (χ0) is 24.9. The Labute approximate surface area is 201 Å². The van der Waals surface area contributed by atoms with Crippen LogP contribution in [0.1, 0.15) is 18.5 Å². The Bertz CT molecular complexity index is 1300. The number of hydrogen-bond donors (Lipinski definition) is 3. The van der Waals surface area contributed by atoms with Gasteiger partial charge in [-0.25, -0.2) is 14.4 Å². The van der Waals surface area contributed by atoms with E-state index in [0.29, 0.717) is 46.8 Å². The van der Waals surface area contributed by atoms with Gasteiger partial charge in [-0.1, -0.05) is 0 Å². The molecule has 1 unspecified atom stereocenters. The standard InChI is InChI=1S/C24H26FN7O3/c1-27-11-14(10-26)18-12-28-17-5-6-21(31-24(17)30-18)32(13-15-4-7-22(33)29-15)19-8-16(34-2)9-20(35-3)23(19)25/h5-6,8-12,15,26-27H,4,7,13H2,1-3H3,(H,29,33)/b14-11+,26-10?. The van der Waals surface area contributed by atoms with E-state index >= 15 is 4.39 Å². The van der Waals surface area contributed by atoms with E-state index in [2.05, 4.69) is 25.6 Å². The first-order chi connectivity index (χ1) is 17.0. The van der Waals surface area contributed by atoms with Gasteiger partial charge in [-0.3, -0.25) is 9.78 Å². The van der Waals surface area contributed by atoms with Crippen LogP contribution in [-0.2, 0) is 4.79 Å². The van der Waals surface area contributed by atoms with Crippen molar-refractivity contribution >= 4 is 40.4 Å². The smallest absolute Gasteiger partial charge is 0.220 e. The van der Waals surface area contributed by atoms with E-state index in [9.17, 15) is 4.79 Å². The van der Waals surface area contributed by atoms with E-state index in [-0.39, 0.29) is 29.9 Å². The number of halogens is 1. The summed E-state index contributed by atoms with van der Waals surface area (Å²) in [6.07, 6.45) is 5.40. The minimum atomic E-state index is -0.581. The SMILES string of the molecule is CN/C=C(\C=N)c1cnc2ccc(N(CC3CCC(=O)N3)c3cc(OC)cc(OC)c3F)nc2n1. The number of carbonyl (C=O) groups excluding carboxylic acids is 1. The largest absolute Gasteiger partial charge is 0.497 e. The highest BCUT2D eigenvalue weighted by atomic mass is 19.1. The molecule has 1 aliphatic heterocycles. The highest BCUT2D eigenvalue weighted by Crippen LogP contribution is 2.37. The zero-order valence-electron chi connectivity index (χ0n) is 19.6. The number of benzene rings is 1. The lowest BCUT2D eigenvalue weighted by Gasteiger charge is -2.28. The second-order valence-corrected chi connectivity index (χ2v) is 7.88. The molecule has 0 aliphatic carbocycles. The Morgan fingerprint density at radius 1 is 1.31 bits per heavy atom. The fraction of sp³-hybridized carbons (Fsp3) is 0.292. The van der Waals surface area contributed by atoms with Crippen molar-refractivity contribution in [1.82, 2.24) is 25.6 Å². The third-order valence-corrected chi connectivity index (χ3v) is 5.65. The maximum absolute atomic E-state index is 15.5. The molecule has 0 saturated carbocycles. The predicted octanol–water partition coefficient (Wildman–Crippen LogP) is 2.81. The molecule has 35 heavy (non-hydrogen) atoms. The van der Waals surface area contributed by atoms with Crippen LogP contribution >= 0.6 is 0 Å². The Kier molecular flexibility index (Phi) is 7.04. The second-order valence-electron chi connectivity index (χ2n) is 7.88. The predicted molar refractivity (Wildman–Crippen MR) is 131 cm³/mol. The Hall–Kier alpha value is -4.28. The van der Waals surface area contributed by atoms with Crippen LogP contribution in [0.15, 0.2) is 36.7 Å². The minimum Gasteiger partial charge on any atom is -0.497 e. The average Bonchev–Trinajstić information content (AvgIpc) is 3.30. The summed E-state index contributed by atoms with van der Waals surface area (Å²) in [5.74, 6) is 0.219. The molecule has 0 radical (unpaired) electrons. The van der Waals surface area contributed by atoms with Gasteiger partial charge in [0.25, 0.3) is 0 Å². The monoisotopic (exact) mass is 479 g/mol. The Morgan fingerprint density at radius 2 is 2.14 bits per heavy atom. The number of anilines is 2. The fourth-order valence-corrected chi connectivity index (χ4v) is 3.89. The quantitative estimate of drug-likeness (QED) is 0.400. The molecule has 2 aromatic heterocycles. The number of aromatic nitrogens is 3. The maximum Gasteiger partial charge on any atom is 0.220 e. The van der Waals surface area contributed by atoms with Crippen molar-refractivity contribution < 1.29 is 18.7 Å². The number of amides is 1. The van der Waals surface area contributed by atoms with Crippen LogP contribution in [0.2, 0.25) is 0 Å². The van der Waals surface area contributed by atoms with E-state index in [4.69, 9.17) is 14.9 Å². The summed E-state index contributed by atoms with van der Waals surface area (Å²) in [7, 11) is 4.60. The zero-order valence-corrected chi connectivity index (χ0v) is 19.6. The van der Waals surface area contributed by atoms with E-state index in [1.807, 2.05) is 0 Å². The molecule has 3 heterocycles. The van der Waals surface area contributed by atoms with Gasteiger partial charge in [-0.2, -0.15) is 0 Å². The lowest BCUT2D eigenvalue weighted by molar-refractivity contribution is -0.119. The van der Waals surface area contributed by atoms with Crippen molar-refractivity contribution in [2.45, 2.75) is 18.9 Å². The summed E-state index contributed by atoms with van der Waals surface area (Å²) < 4.78 is 26.1. The van der Waals surface area contributed by atoms with Crippen LogP contribution in [-0.4, -0.2) is 60.9 Å². The van der Waals surface area contributed by atoms with Crippen LogP contribution in [0.3, 0.4) is 0 Å². The van der Waals surface area contributed by atoms with E-state index < -0.39 is 5.82 Å². The van der Waals surface area contributed by atoms with E-state index in [0.717, 1.165) is 0 Å². The molecule has 3 aromatic rings. The van der Waals surface area contributed by atoms with Gasteiger partial charge in [0, 0.05) is 56.2 Å². The molecule has 1 saturated heterocycles. The van der Waals surface area contributed by atoms with E-state index in [1.165, 1.54) is 26.5 Å². The Balaban J connectivity index is 1.84.